The molecule has 1 unspecified atom stereocenters. The Morgan fingerprint density at radius 3 is 2.60 bits per heavy atom. The number of nitrogens with zero attached hydrogens (tertiary/aromatic N) is 2. The van der Waals surface area contributed by atoms with Crippen LogP contribution in [0.2, 0.25) is 0 Å². The van der Waals surface area contributed by atoms with E-state index in [4.69, 9.17) is 5.26 Å². The van der Waals surface area contributed by atoms with Crippen LogP contribution in [-0.2, 0) is 4.79 Å². The summed E-state index contributed by atoms with van der Waals surface area (Å²) in [5.74, 6) is 0.280. The second kappa shape index (κ2) is 5.72. The van der Waals surface area contributed by atoms with Crippen LogP contribution < -0.4 is 5.32 Å². The summed E-state index contributed by atoms with van der Waals surface area (Å²) in [4.78, 5) is 13.6. The van der Waals surface area contributed by atoms with Gasteiger partial charge in [-0.05, 0) is 19.3 Å². The molecule has 1 amide bonds. The number of piperidine rings is 1. The fourth-order valence-corrected chi connectivity index (χ4v) is 2.11. The van der Waals surface area contributed by atoms with Crippen LogP contribution in [0.15, 0.2) is 0 Å². The SMILES string of the molecule is CCC(C#N)N1CCC(C(=O)NC)CC1. The summed E-state index contributed by atoms with van der Waals surface area (Å²) in [6, 6.07) is 2.33. The molecule has 0 aromatic rings. The largest absolute Gasteiger partial charge is 0.359 e. The van der Waals surface area contributed by atoms with E-state index in [0.717, 1.165) is 32.4 Å². The van der Waals surface area contributed by atoms with Gasteiger partial charge in [0.1, 0.15) is 0 Å². The number of nitriles is 1. The average Bonchev–Trinajstić information content (AvgIpc) is 2.30. The van der Waals surface area contributed by atoms with E-state index in [9.17, 15) is 4.79 Å². The molecule has 0 radical (unpaired) electrons. The van der Waals surface area contributed by atoms with E-state index in [0.29, 0.717) is 0 Å². The van der Waals surface area contributed by atoms with Gasteiger partial charge in [0.05, 0.1) is 12.1 Å². The lowest BCUT2D eigenvalue weighted by molar-refractivity contribution is -0.126. The third kappa shape index (κ3) is 2.93. The maximum Gasteiger partial charge on any atom is 0.222 e. The fraction of sp³-hybridized carbons (Fsp3) is 0.818. The van der Waals surface area contributed by atoms with Gasteiger partial charge in [0, 0.05) is 26.1 Å². The number of likely N-dealkylation sites (tertiary alicyclic amines) is 1. The van der Waals surface area contributed by atoms with E-state index in [1.807, 2.05) is 6.92 Å². The second-order valence-corrected chi connectivity index (χ2v) is 3.98. The van der Waals surface area contributed by atoms with E-state index in [2.05, 4.69) is 16.3 Å². The summed E-state index contributed by atoms with van der Waals surface area (Å²) in [5, 5.41) is 11.6. The van der Waals surface area contributed by atoms with Gasteiger partial charge in [-0.1, -0.05) is 6.92 Å². The molecule has 0 aromatic heterocycles. The predicted octanol–water partition coefficient (Wildman–Crippen LogP) is 0.747. The molecule has 0 spiro atoms. The van der Waals surface area contributed by atoms with Crippen molar-refractivity contribution in [3.8, 4) is 6.07 Å². The maximum absolute atomic E-state index is 11.4. The van der Waals surface area contributed by atoms with Crippen LogP contribution in [0.3, 0.4) is 0 Å². The Balaban J connectivity index is 2.42. The normalized spacial score (nSPS) is 20.6. The van der Waals surface area contributed by atoms with E-state index < -0.39 is 0 Å². The summed E-state index contributed by atoms with van der Waals surface area (Å²) in [6.07, 6.45) is 2.61. The zero-order valence-corrected chi connectivity index (χ0v) is 9.49. The minimum Gasteiger partial charge on any atom is -0.359 e. The van der Waals surface area contributed by atoms with Crippen LogP contribution in [0.1, 0.15) is 26.2 Å². The molecule has 0 aliphatic carbocycles. The number of carbonyl (C=O) groups is 1. The first kappa shape index (κ1) is 12.0. The standard InChI is InChI=1S/C11H19N3O/c1-3-10(8-12)14-6-4-9(5-7-14)11(15)13-2/h9-10H,3-7H2,1-2H3,(H,13,15). The van der Waals surface area contributed by atoms with Gasteiger partial charge in [-0.15, -0.1) is 0 Å². The lowest BCUT2D eigenvalue weighted by atomic mass is 9.95. The molecule has 1 N–H and O–H groups in total. The third-order valence-electron chi connectivity index (χ3n) is 3.12. The van der Waals surface area contributed by atoms with Crippen LogP contribution in [0, 0.1) is 17.2 Å². The van der Waals surface area contributed by atoms with Crippen molar-refractivity contribution in [1.29, 1.82) is 5.26 Å². The number of hydrogen-bond acceptors (Lipinski definition) is 3. The molecule has 0 bridgehead atoms. The summed E-state index contributed by atoms with van der Waals surface area (Å²) in [6.45, 7) is 3.76. The highest BCUT2D eigenvalue weighted by atomic mass is 16.1. The van der Waals surface area contributed by atoms with Crippen LogP contribution in [-0.4, -0.2) is 37.0 Å². The predicted molar refractivity (Wildman–Crippen MR) is 58.1 cm³/mol. The minimum atomic E-state index is 0.0237. The number of hydrogen-bond donors (Lipinski definition) is 1. The van der Waals surface area contributed by atoms with Gasteiger partial charge in [-0.2, -0.15) is 5.26 Å². The van der Waals surface area contributed by atoms with Crippen molar-refractivity contribution < 1.29 is 4.79 Å². The minimum absolute atomic E-state index is 0.0237. The Labute approximate surface area is 91.2 Å². The van der Waals surface area contributed by atoms with Crippen LogP contribution in [0.25, 0.3) is 0 Å². The molecule has 1 heterocycles. The van der Waals surface area contributed by atoms with Crippen molar-refractivity contribution in [2.75, 3.05) is 20.1 Å². The Bertz CT molecular complexity index is 251. The molecule has 4 nitrogen and oxygen atoms in total. The summed E-state index contributed by atoms with van der Waals surface area (Å²) in [5.41, 5.74) is 0. The molecule has 15 heavy (non-hydrogen) atoms. The number of rotatable bonds is 3. The van der Waals surface area contributed by atoms with Gasteiger partial charge in [0.25, 0.3) is 0 Å². The molecule has 4 heteroatoms. The number of amides is 1. The molecule has 0 aromatic carbocycles. The summed E-state index contributed by atoms with van der Waals surface area (Å²) >= 11 is 0. The zero-order valence-electron chi connectivity index (χ0n) is 9.49. The first-order chi connectivity index (χ1) is 7.22. The Kier molecular flexibility index (Phi) is 4.57. The highest BCUT2D eigenvalue weighted by Gasteiger charge is 2.27. The Morgan fingerprint density at radius 2 is 2.20 bits per heavy atom. The van der Waals surface area contributed by atoms with Crippen LogP contribution >= 0.6 is 0 Å². The number of nitrogens with one attached hydrogen (secondary N) is 1. The topological polar surface area (TPSA) is 56.1 Å². The van der Waals surface area contributed by atoms with Crippen molar-refractivity contribution in [1.82, 2.24) is 10.2 Å². The van der Waals surface area contributed by atoms with Gasteiger partial charge >= 0.3 is 0 Å². The molecule has 0 saturated carbocycles. The van der Waals surface area contributed by atoms with Crippen molar-refractivity contribution in [3.05, 3.63) is 0 Å². The highest BCUT2D eigenvalue weighted by molar-refractivity contribution is 5.78. The number of carbonyl (C=O) groups excluding carboxylic acids is 1. The summed E-state index contributed by atoms with van der Waals surface area (Å²) < 4.78 is 0. The van der Waals surface area contributed by atoms with Gasteiger partial charge in [0.2, 0.25) is 5.91 Å². The maximum atomic E-state index is 11.4. The highest BCUT2D eigenvalue weighted by Crippen LogP contribution is 2.19. The van der Waals surface area contributed by atoms with Crippen molar-refractivity contribution >= 4 is 5.91 Å². The van der Waals surface area contributed by atoms with E-state index in [1.54, 1.807) is 7.05 Å². The van der Waals surface area contributed by atoms with Gasteiger partial charge in [-0.25, -0.2) is 0 Å². The molecule has 1 atom stereocenters. The van der Waals surface area contributed by atoms with Crippen LogP contribution in [0.4, 0.5) is 0 Å². The second-order valence-electron chi connectivity index (χ2n) is 3.98. The smallest absolute Gasteiger partial charge is 0.222 e. The fourth-order valence-electron chi connectivity index (χ4n) is 2.11. The molecular formula is C11H19N3O. The average molecular weight is 209 g/mol. The van der Waals surface area contributed by atoms with Crippen molar-refractivity contribution in [2.24, 2.45) is 5.92 Å². The first-order valence-corrected chi connectivity index (χ1v) is 5.58. The molecule has 1 aliphatic heterocycles. The molecule has 1 saturated heterocycles. The lowest BCUT2D eigenvalue weighted by Gasteiger charge is -2.33. The zero-order chi connectivity index (χ0) is 11.3. The molecule has 1 aliphatic rings. The first-order valence-electron chi connectivity index (χ1n) is 5.58. The van der Waals surface area contributed by atoms with Crippen LogP contribution in [0.5, 0.6) is 0 Å². The van der Waals surface area contributed by atoms with E-state index >= 15 is 0 Å². The quantitative estimate of drug-likeness (QED) is 0.746. The van der Waals surface area contributed by atoms with Gasteiger partial charge < -0.3 is 5.32 Å². The van der Waals surface area contributed by atoms with E-state index in [1.165, 1.54) is 0 Å². The van der Waals surface area contributed by atoms with Crippen molar-refractivity contribution in [2.45, 2.75) is 32.2 Å². The van der Waals surface area contributed by atoms with Gasteiger partial charge in [-0.3, -0.25) is 9.69 Å². The van der Waals surface area contributed by atoms with E-state index in [-0.39, 0.29) is 17.9 Å². The lowest BCUT2D eigenvalue weighted by Crippen LogP contribution is -2.43. The summed E-state index contributed by atoms with van der Waals surface area (Å²) in [7, 11) is 1.68. The Hall–Kier alpha value is -1.08. The molecule has 1 fully saturated rings. The van der Waals surface area contributed by atoms with Crippen molar-refractivity contribution in [3.63, 3.8) is 0 Å². The Morgan fingerprint density at radius 1 is 1.60 bits per heavy atom. The molecule has 1 rings (SSSR count). The molecule has 84 valence electrons. The monoisotopic (exact) mass is 209 g/mol. The third-order valence-corrected chi connectivity index (χ3v) is 3.12. The molecular weight excluding hydrogens is 190 g/mol. The van der Waals surface area contributed by atoms with Gasteiger partial charge in [0.15, 0.2) is 0 Å².